The van der Waals surface area contributed by atoms with Crippen molar-refractivity contribution in [3.05, 3.63) is 35.8 Å². The molecule has 2 atom stereocenters. The number of carbonyl (C=O) groups excluding carboxylic acids is 5. The number of fused-ring (bicyclic) bond motifs is 1. The molecule has 0 aliphatic carbocycles. The van der Waals surface area contributed by atoms with E-state index in [1.54, 1.807) is 11.8 Å². The van der Waals surface area contributed by atoms with E-state index in [4.69, 9.17) is 9.47 Å². The van der Waals surface area contributed by atoms with E-state index < -0.39 is 60.7 Å². The highest BCUT2D eigenvalue weighted by Crippen LogP contribution is 2.29. The van der Waals surface area contributed by atoms with Crippen LogP contribution in [0.1, 0.15) is 49.5 Å². The van der Waals surface area contributed by atoms with Gasteiger partial charge in [-0.2, -0.15) is 0 Å². The molecular weight excluding hydrogens is 631 g/mol. The van der Waals surface area contributed by atoms with Crippen LogP contribution >= 0.6 is 0 Å². The monoisotopic (exact) mass is 670 g/mol. The molecule has 1 aromatic heterocycles. The second-order valence-corrected chi connectivity index (χ2v) is 11.8. The maximum absolute atomic E-state index is 15.0. The Morgan fingerprint density at radius 3 is 2.38 bits per heavy atom. The van der Waals surface area contributed by atoms with Crippen molar-refractivity contribution in [1.82, 2.24) is 29.9 Å². The quantitative estimate of drug-likeness (QED) is 0.374. The number of aliphatic carboxylic acids is 1. The van der Waals surface area contributed by atoms with Crippen LogP contribution in [-0.2, 0) is 23.9 Å². The number of carbonyl (C=O) groups is 6. The number of amides is 5. The van der Waals surface area contributed by atoms with Gasteiger partial charge in [0.05, 0.1) is 23.9 Å². The average molecular weight is 671 g/mol. The Labute approximate surface area is 275 Å². The highest BCUT2D eigenvalue weighted by molar-refractivity contribution is 6.00. The average Bonchev–Trinajstić information content (AvgIpc) is 3.80. The first kappa shape index (κ1) is 34.3. The molecule has 2 N–H and O–H groups in total. The molecule has 0 bridgehead atoms. The minimum Gasteiger partial charge on any atom is -0.483 e. The summed E-state index contributed by atoms with van der Waals surface area (Å²) < 4.78 is 25.8. The SMILES string of the molecule is CCOC(=O)N1CCN(C(=O)[C@H](CC(=O)O)NC(=O)c2cc(OCC(=O)N3CCC[C@H]3C(=O)N3CCCC3)c3c(F)cccc3n2)CC1. The molecule has 3 saturated heterocycles. The lowest BCUT2D eigenvalue weighted by molar-refractivity contribution is -0.144. The summed E-state index contributed by atoms with van der Waals surface area (Å²) in [6, 6.07) is 3.06. The van der Waals surface area contributed by atoms with Gasteiger partial charge in [0.25, 0.3) is 11.8 Å². The van der Waals surface area contributed by atoms with Crippen molar-refractivity contribution >= 4 is 46.6 Å². The van der Waals surface area contributed by atoms with E-state index in [9.17, 15) is 33.9 Å². The number of ether oxygens (including phenoxy) is 2. The number of carboxylic acids is 1. The van der Waals surface area contributed by atoms with Crippen molar-refractivity contribution < 1.29 is 47.7 Å². The molecule has 3 aliphatic heterocycles. The fraction of sp³-hybridized carbons (Fsp3) is 0.531. The van der Waals surface area contributed by atoms with Crippen molar-refractivity contribution in [3.63, 3.8) is 0 Å². The van der Waals surface area contributed by atoms with E-state index in [0.29, 0.717) is 32.5 Å². The fourth-order valence-corrected chi connectivity index (χ4v) is 6.28. The highest BCUT2D eigenvalue weighted by Gasteiger charge is 2.37. The lowest BCUT2D eigenvalue weighted by atomic mass is 10.1. The van der Waals surface area contributed by atoms with Crippen LogP contribution in [0.4, 0.5) is 9.18 Å². The number of pyridine rings is 1. The third kappa shape index (κ3) is 7.74. The summed E-state index contributed by atoms with van der Waals surface area (Å²) >= 11 is 0. The molecule has 0 saturated carbocycles. The molecule has 5 rings (SSSR count). The lowest BCUT2D eigenvalue weighted by Gasteiger charge is -2.35. The Balaban J connectivity index is 1.30. The number of benzene rings is 1. The van der Waals surface area contributed by atoms with Crippen LogP contribution in [0.3, 0.4) is 0 Å². The molecule has 0 unspecified atom stereocenters. The number of piperazine rings is 1. The number of rotatable bonds is 10. The molecule has 16 heteroatoms. The summed E-state index contributed by atoms with van der Waals surface area (Å²) in [7, 11) is 0. The first-order valence-electron chi connectivity index (χ1n) is 16.1. The zero-order valence-electron chi connectivity index (χ0n) is 26.7. The molecule has 2 aromatic rings. The third-order valence-corrected chi connectivity index (χ3v) is 8.71. The highest BCUT2D eigenvalue weighted by atomic mass is 19.1. The van der Waals surface area contributed by atoms with Crippen molar-refractivity contribution in [2.24, 2.45) is 0 Å². The Bertz CT molecular complexity index is 1570. The fourth-order valence-electron chi connectivity index (χ4n) is 6.28. The van der Waals surface area contributed by atoms with Gasteiger partial charge in [-0.1, -0.05) is 6.07 Å². The van der Waals surface area contributed by atoms with Gasteiger partial charge in [0.15, 0.2) is 6.61 Å². The van der Waals surface area contributed by atoms with Gasteiger partial charge in [-0.3, -0.25) is 24.0 Å². The standard InChI is InChI=1S/C32H39FN6O9/c1-2-47-32(46)38-15-13-37(14-16-38)30(44)23(18-27(41)42)35-29(43)22-17-25(28-20(33)7-5-8-21(28)34-22)48-19-26(40)39-12-6-9-24(39)31(45)36-10-3-4-11-36/h5,7-8,17,23-24H,2-4,6,9-16,18-19H2,1H3,(H,35,43)(H,41,42)/t23-,24-/m0/s1. The van der Waals surface area contributed by atoms with Crippen LogP contribution in [-0.4, -0.2) is 136 Å². The van der Waals surface area contributed by atoms with Gasteiger partial charge in [0.1, 0.15) is 29.3 Å². The van der Waals surface area contributed by atoms with Crippen molar-refractivity contribution in [3.8, 4) is 5.75 Å². The van der Waals surface area contributed by atoms with E-state index in [2.05, 4.69) is 10.3 Å². The first-order chi connectivity index (χ1) is 23.1. The molecule has 0 radical (unpaired) electrons. The van der Waals surface area contributed by atoms with Crippen molar-refractivity contribution in [1.29, 1.82) is 0 Å². The summed E-state index contributed by atoms with van der Waals surface area (Å²) in [6.07, 6.45) is 1.79. The second-order valence-electron chi connectivity index (χ2n) is 11.8. The lowest BCUT2D eigenvalue weighted by Crippen LogP contribution is -2.56. The minimum atomic E-state index is -1.47. The van der Waals surface area contributed by atoms with Crippen molar-refractivity contribution in [2.75, 3.05) is 59.0 Å². The molecule has 15 nitrogen and oxygen atoms in total. The normalized spacial score (nSPS) is 18.5. The summed E-state index contributed by atoms with van der Waals surface area (Å²) in [5, 5.41) is 11.9. The smallest absolute Gasteiger partial charge is 0.409 e. The van der Waals surface area contributed by atoms with Crippen LogP contribution in [0.2, 0.25) is 0 Å². The molecule has 4 heterocycles. The first-order valence-corrected chi connectivity index (χ1v) is 16.1. The zero-order chi connectivity index (χ0) is 34.4. The summed E-state index contributed by atoms with van der Waals surface area (Å²) in [5.41, 5.74) is -0.265. The molecule has 3 fully saturated rings. The van der Waals surface area contributed by atoms with Crippen LogP contribution in [0.25, 0.3) is 10.9 Å². The van der Waals surface area contributed by atoms with E-state index in [1.165, 1.54) is 32.9 Å². The topological polar surface area (TPSA) is 179 Å². The van der Waals surface area contributed by atoms with Gasteiger partial charge in [-0.05, 0) is 44.7 Å². The van der Waals surface area contributed by atoms with E-state index in [1.807, 2.05) is 0 Å². The van der Waals surface area contributed by atoms with Gasteiger partial charge in [-0.25, -0.2) is 14.2 Å². The van der Waals surface area contributed by atoms with E-state index in [-0.39, 0.29) is 61.0 Å². The molecule has 5 amide bonds. The third-order valence-electron chi connectivity index (χ3n) is 8.71. The predicted octanol–water partition coefficient (Wildman–Crippen LogP) is 1.24. The summed E-state index contributed by atoms with van der Waals surface area (Å²) in [6.45, 7) is 3.57. The number of aromatic nitrogens is 1. The Hall–Kier alpha value is -5.02. The number of nitrogens with one attached hydrogen (secondary N) is 1. The molecule has 1 aromatic carbocycles. The molecule has 0 spiro atoms. The zero-order valence-corrected chi connectivity index (χ0v) is 26.7. The van der Waals surface area contributed by atoms with Crippen LogP contribution in [0.5, 0.6) is 5.75 Å². The number of hydrogen-bond donors (Lipinski definition) is 2. The van der Waals surface area contributed by atoms with E-state index >= 15 is 4.39 Å². The number of carboxylic acid groups (broad SMARTS) is 1. The summed E-state index contributed by atoms with van der Waals surface area (Å²) in [4.78, 5) is 87.0. The minimum absolute atomic E-state index is 0.0320. The maximum atomic E-state index is 15.0. The van der Waals surface area contributed by atoms with Gasteiger partial charge in [-0.15, -0.1) is 0 Å². The van der Waals surface area contributed by atoms with Gasteiger partial charge < -0.3 is 39.5 Å². The number of halogens is 1. The number of hydrogen-bond acceptors (Lipinski definition) is 9. The van der Waals surface area contributed by atoms with Gasteiger partial charge >= 0.3 is 12.1 Å². The number of nitrogens with zero attached hydrogens (tertiary/aromatic N) is 5. The molecule has 48 heavy (non-hydrogen) atoms. The molecular formula is C32H39FN6O9. The number of likely N-dealkylation sites (tertiary alicyclic amines) is 2. The van der Waals surface area contributed by atoms with Crippen LogP contribution < -0.4 is 10.1 Å². The van der Waals surface area contributed by atoms with Gasteiger partial charge in [0.2, 0.25) is 11.8 Å². The van der Waals surface area contributed by atoms with Crippen LogP contribution in [0, 0.1) is 5.82 Å². The maximum Gasteiger partial charge on any atom is 0.409 e. The molecule has 3 aliphatic rings. The second kappa shape index (κ2) is 15.3. The van der Waals surface area contributed by atoms with Crippen LogP contribution in [0.15, 0.2) is 24.3 Å². The van der Waals surface area contributed by atoms with Gasteiger partial charge in [0, 0.05) is 51.9 Å². The van der Waals surface area contributed by atoms with Crippen molar-refractivity contribution in [2.45, 2.75) is 51.1 Å². The predicted molar refractivity (Wildman–Crippen MR) is 166 cm³/mol. The van der Waals surface area contributed by atoms with E-state index in [0.717, 1.165) is 18.9 Å². The summed E-state index contributed by atoms with van der Waals surface area (Å²) in [5.74, 6) is -4.34. The molecule has 258 valence electrons. The Kier molecular flexibility index (Phi) is 10.9. The Morgan fingerprint density at radius 2 is 1.69 bits per heavy atom. The largest absolute Gasteiger partial charge is 0.483 e. The Morgan fingerprint density at radius 1 is 0.979 bits per heavy atom.